The van der Waals surface area contributed by atoms with Crippen LogP contribution in [0.15, 0.2) is 34.1 Å². The summed E-state index contributed by atoms with van der Waals surface area (Å²) in [6.45, 7) is 5.17. The zero-order valence-corrected chi connectivity index (χ0v) is 7.78. The second kappa shape index (κ2) is 6.25. The molecule has 0 atom stereocenters. The van der Waals surface area contributed by atoms with E-state index in [1.807, 2.05) is 0 Å². The Morgan fingerprint density at radius 3 is 2.64 bits per heavy atom. The molecule has 0 aromatic carbocycles. The molecule has 0 saturated carbocycles. The van der Waals surface area contributed by atoms with Gasteiger partial charge < -0.3 is 0 Å². The van der Waals surface area contributed by atoms with Gasteiger partial charge in [-0.2, -0.15) is 0 Å². The highest BCUT2D eigenvalue weighted by Gasteiger charge is 1.95. The molecule has 0 unspecified atom stereocenters. The SMILES string of the molecule is C=CC=CSC(C=O)=C(C)Cl. The smallest absolute Gasteiger partial charge is 0.157 e. The highest BCUT2D eigenvalue weighted by atomic mass is 35.5. The summed E-state index contributed by atoms with van der Waals surface area (Å²) in [5.41, 5.74) is 0. The molecule has 0 spiro atoms. The van der Waals surface area contributed by atoms with Crippen LogP contribution in [-0.4, -0.2) is 6.29 Å². The van der Waals surface area contributed by atoms with Crippen LogP contribution in [-0.2, 0) is 4.79 Å². The van der Waals surface area contributed by atoms with Gasteiger partial charge >= 0.3 is 0 Å². The third-order valence-electron chi connectivity index (χ3n) is 0.856. The van der Waals surface area contributed by atoms with Crippen molar-refractivity contribution in [2.45, 2.75) is 6.92 Å². The maximum atomic E-state index is 10.3. The van der Waals surface area contributed by atoms with Crippen LogP contribution >= 0.6 is 23.4 Å². The molecule has 0 radical (unpaired) electrons. The quantitative estimate of drug-likeness (QED) is 0.383. The average Bonchev–Trinajstić information content (AvgIpc) is 1.97. The lowest BCUT2D eigenvalue weighted by atomic mass is 10.6. The van der Waals surface area contributed by atoms with Crippen molar-refractivity contribution in [3.05, 3.63) is 34.1 Å². The summed E-state index contributed by atoms with van der Waals surface area (Å²) in [4.78, 5) is 10.9. The van der Waals surface area contributed by atoms with Gasteiger partial charge in [-0.3, -0.25) is 4.79 Å². The van der Waals surface area contributed by atoms with Crippen molar-refractivity contribution in [3.8, 4) is 0 Å². The molecule has 3 heteroatoms. The first kappa shape index (κ1) is 10.5. The largest absolute Gasteiger partial charge is 0.297 e. The molecule has 0 saturated heterocycles. The predicted molar refractivity (Wildman–Crippen MR) is 51.5 cm³/mol. The van der Waals surface area contributed by atoms with Gasteiger partial charge in [0.2, 0.25) is 0 Å². The van der Waals surface area contributed by atoms with Crippen molar-refractivity contribution >= 4 is 29.6 Å². The number of rotatable bonds is 4. The lowest BCUT2D eigenvalue weighted by Gasteiger charge is -1.92. The van der Waals surface area contributed by atoms with Gasteiger partial charge in [-0.25, -0.2) is 0 Å². The van der Waals surface area contributed by atoms with Gasteiger partial charge in [0.05, 0.1) is 4.91 Å². The van der Waals surface area contributed by atoms with Gasteiger partial charge in [0.25, 0.3) is 0 Å². The van der Waals surface area contributed by atoms with Crippen LogP contribution in [0.4, 0.5) is 0 Å². The number of thioether (sulfide) groups is 1. The summed E-state index contributed by atoms with van der Waals surface area (Å²) in [7, 11) is 0. The van der Waals surface area contributed by atoms with Gasteiger partial charge in [-0.15, -0.1) is 0 Å². The fourth-order valence-electron chi connectivity index (χ4n) is 0.358. The van der Waals surface area contributed by atoms with E-state index in [1.165, 1.54) is 11.8 Å². The van der Waals surface area contributed by atoms with Crippen molar-refractivity contribution in [1.29, 1.82) is 0 Å². The van der Waals surface area contributed by atoms with E-state index < -0.39 is 0 Å². The summed E-state index contributed by atoms with van der Waals surface area (Å²) < 4.78 is 0. The number of allylic oxidation sites excluding steroid dienone is 4. The maximum Gasteiger partial charge on any atom is 0.157 e. The molecule has 0 amide bonds. The van der Waals surface area contributed by atoms with Crippen molar-refractivity contribution in [1.82, 2.24) is 0 Å². The molecule has 0 aliphatic heterocycles. The van der Waals surface area contributed by atoms with Crippen molar-refractivity contribution in [2.24, 2.45) is 0 Å². The average molecular weight is 189 g/mol. The van der Waals surface area contributed by atoms with Crippen molar-refractivity contribution in [2.75, 3.05) is 0 Å². The zero-order chi connectivity index (χ0) is 8.69. The van der Waals surface area contributed by atoms with Gasteiger partial charge in [-0.1, -0.05) is 42.1 Å². The van der Waals surface area contributed by atoms with E-state index in [-0.39, 0.29) is 0 Å². The highest BCUT2D eigenvalue weighted by Crippen LogP contribution is 2.20. The fourth-order valence-corrected chi connectivity index (χ4v) is 1.09. The third kappa shape index (κ3) is 4.87. The Kier molecular flexibility index (Phi) is 5.99. The molecule has 11 heavy (non-hydrogen) atoms. The highest BCUT2D eigenvalue weighted by molar-refractivity contribution is 8.06. The van der Waals surface area contributed by atoms with Gasteiger partial charge in [0, 0.05) is 5.03 Å². The number of hydrogen-bond acceptors (Lipinski definition) is 2. The molecule has 0 aromatic heterocycles. The van der Waals surface area contributed by atoms with E-state index in [2.05, 4.69) is 6.58 Å². The first-order chi connectivity index (χ1) is 5.22. The van der Waals surface area contributed by atoms with E-state index in [9.17, 15) is 4.79 Å². The number of carbonyl (C=O) groups is 1. The van der Waals surface area contributed by atoms with Crippen LogP contribution in [0.2, 0.25) is 0 Å². The molecule has 0 aliphatic carbocycles. The first-order valence-electron chi connectivity index (χ1n) is 2.98. The Balaban J connectivity index is 4.11. The lowest BCUT2D eigenvalue weighted by Crippen LogP contribution is -1.76. The summed E-state index contributed by atoms with van der Waals surface area (Å²) in [6, 6.07) is 0. The topological polar surface area (TPSA) is 17.1 Å². The van der Waals surface area contributed by atoms with Gasteiger partial charge in [-0.05, 0) is 12.3 Å². The number of carbonyl (C=O) groups excluding carboxylic acids is 1. The van der Waals surface area contributed by atoms with E-state index in [4.69, 9.17) is 11.6 Å². The minimum absolute atomic E-state index is 0.513. The molecular formula is C8H9ClOS. The van der Waals surface area contributed by atoms with Crippen LogP contribution in [0.3, 0.4) is 0 Å². The molecule has 0 N–H and O–H groups in total. The molecule has 0 aliphatic rings. The van der Waals surface area contributed by atoms with Gasteiger partial charge in [0.1, 0.15) is 0 Å². The molecule has 0 heterocycles. The molecule has 60 valence electrons. The molecule has 0 aromatic rings. The number of hydrogen-bond donors (Lipinski definition) is 0. The van der Waals surface area contributed by atoms with Crippen LogP contribution in [0.1, 0.15) is 6.92 Å². The summed E-state index contributed by atoms with van der Waals surface area (Å²) in [6.07, 6.45) is 4.12. The Morgan fingerprint density at radius 2 is 2.27 bits per heavy atom. The number of halogens is 1. The van der Waals surface area contributed by atoms with Gasteiger partial charge in [0.15, 0.2) is 6.29 Å². The molecule has 0 fully saturated rings. The molecule has 1 nitrogen and oxygen atoms in total. The zero-order valence-electron chi connectivity index (χ0n) is 6.21. The van der Waals surface area contributed by atoms with E-state index >= 15 is 0 Å². The standard InChI is InChI=1S/C8H9ClOS/c1-3-4-5-11-8(6-10)7(2)9/h3-6H,1H2,2H3. The third-order valence-corrected chi connectivity index (χ3v) is 2.12. The fraction of sp³-hybridized carbons (Fsp3) is 0.125. The summed E-state index contributed by atoms with van der Waals surface area (Å²) in [5, 5.41) is 2.27. The molecule has 0 bridgehead atoms. The molecule has 0 rings (SSSR count). The second-order valence-corrected chi connectivity index (χ2v) is 3.21. The Morgan fingerprint density at radius 1 is 1.64 bits per heavy atom. The Labute approximate surface area is 75.8 Å². The number of aldehydes is 1. The van der Waals surface area contributed by atoms with Crippen LogP contribution < -0.4 is 0 Å². The van der Waals surface area contributed by atoms with E-state index in [1.54, 1.807) is 24.5 Å². The normalized spacial score (nSPS) is 12.9. The minimum Gasteiger partial charge on any atom is -0.297 e. The van der Waals surface area contributed by atoms with Crippen LogP contribution in [0.5, 0.6) is 0 Å². The van der Waals surface area contributed by atoms with Crippen LogP contribution in [0.25, 0.3) is 0 Å². The lowest BCUT2D eigenvalue weighted by molar-refractivity contribution is -0.104. The monoisotopic (exact) mass is 188 g/mol. The van der Waals surface area contributed by atoms with Crippen LogP contribution in [0, 0.1) is 0 Å². The molecular weight excluding hydrogens is 180 g/mol. The predicted octanol–water partition coefficient (Wildman–Crippen LogP) is 3.09. The minimum atomic E-state index is 0.513. The Bertz CT molecular complexity index is 202. The van der Waals surface area contributed by atoms with Crippen molar-refractivity contribution < 1.29 is 4.79 Å². The van der Waals surface area contributed by atoms with Crippen molar-refractivity contribution in [3.63, 3.8) is 0 Å². The second-order valence-electron chi connectivity index (χ2n) is 1.70. The van der Waals surface area contributed by atoms with E-state index in [0.29, 0.717) is 9.94 Å². The van der Waals surface area contributed by atoms with E-state index in [0.717, 1.165) is 6.29 Å². The summed E-state index contributed by atoms with van der Waals surface area (Å²) >= 11 is 6.87. The summed E-state index contributed by atoms with van der Waals surface area (Å²) in [5.74, 6) is 0. The first-order valence-corrected chi connectivity index (χ1v) is 4.24. The Hall–Kier alpha value is -0.470. The maximum absolute atomic E-state index is 10.3.